The quantitative estimate of drug-likeness (QED) is 0.540. The first-order valence-electron chi connectivity index (χ1n) is 4.63. The predicted octanol–water partition coefficient (Wildman–Crippen LogP) is 1.86. The van der Waals surface area contributed by atoms with Crippen molar-refractivity contribution in [1.82, 2.24) is 4.90 Å². The molecule has 0 spiro atoms. The Morgan fingerprint density at radius 2 is 1.92 bits per heavy atom. The minimum absolute atomic E-state index is 0.270. The Hall–Kier alpha value is 0.400. The summed E-state index contributed by atoms with van der Waals surface area (Å²) in [7, 11) is 0. The highest BCUT2D eigenvalue weighted by atomic mass is 79.9. The van der Waals surface area contributed by atoms with Crippen molar-refractivity contribution in [2.75, 3.05) is 25.0 Å². The van der Waals surface area contributed by atoms with E-state index >= 15 is 0 Å². The summed E-state index contributed by atoms with van der Waals surface area (Å²) in [6.07, 6.45) is 2.43. The van der Waals surface area contributed by atoms with E-state index in [0.29, 0.717) is 6.04 Å². The Balaban J connectivity index is 3.49. The van der Waals surface area contributed by atoms with Crippen molar-refractivity contribution in [3.63, 3.8) is 0 Å². The van der Waals surface area contributed by atoms with Gasteiger partial charge in [0.25, 0.3) is 0 Å². The number of hydrogen-bond donors (Lipinski definition) is 1. The van der Waals surface area contributed by atoms with Gasteiger partial charge in [0.05, 0.1) is 6.61 Å². The first-order valence-corrected chi connectivity index (χ1v) is 5.75. The van der Waals surface area contributed by atoms with Crippen LogP contribution in [0.4, 0.5) is 0 Å². The second-order valence-corrected chi connectivity index (χ2v) is 4.04. The molecule has 1 N–H and O–H groups in total. The van der Waals surface area contributed by atoms with E-state index in [9.17, 15) is 0 Å². The maximum Gasteiger partial charge on any atom is 0.0558 e. The standard InChI is InChI=1S/C9H20BrNO/c1-9(2)11(7-8-12)6-4-3-5-10/h9,12H,3-8H2,1-2H3. The third-order valence-corrected chi connectivity index (χ3v) is 2.51. The first-order chi connectivity index (χ1) is 5.72. The van der Waals surface area contributed by atoms with Gasteiger partial charge in [-0.1, -0.05) is 15.9 Å². The molecule has 0 aliphatic rings. The van der Waals surface area contributed by atoms with E-state index in [1.165, 1.54) is 12.8 Å². The Kier molecular flexibility index (Phi) is 8.29. The lowest BCUT2D eigenvalue weighted by Crippen LogP contribution is -2.34. The van der Waals surface area contributed by atoms with Crippen molar-refractivity contribution in [3.8, 4) is 0 Å². The molecule has 0 fully saturated rings. The molecule has 0 aliphatic carbocycles. The van der Waals surface area contributed by atoms with Gasteiger partial charge in [-0.05, 0) is 33.2 Å². The molecule has 0 rings (SSSR count). The first kappa shape index (κ1) is 12.4. The monoisotopic (exact) mass is 237 g/mol. The second kappa shape index (κ2) is 8.02. The van der Waals surface area contributed by atoms with E-state index in [-0.39, 0.29) is 6.61 Å². The molecular formula is C9H20BrNO. The highest BCUT2D eigenvalue weighted by Crippen LogP contribution is 2.02. The van der Waals surface area contributed by atoms with Gasteiger partial charge >= 0.3 is 0 Å². The molecule has 0 aromatic carbocycles. The Bertz CT molecular complexity index is 98.5. The van der Waals surface area contributed by atoms with E-state index < -0.39 is 0 Å². The minimum atomic E-state index is 0.270. The number of aliphatic hydroxyl groups excluding tert-OH is 1. The topological polar surface area (TPSA) is 23.5 Å². The summed E-state index contributed by atoms with van der Waals surface area (Å²) < 4.78 is 0. The van der Waals surface area contributed by atoms with Gasteiger partial charge in [0.2, 0.25) is 0 Å². The molecule has 0 aromatic rings. The van der Waals surface area contributed by atoms with Crippen LogP contribution >= 0.6 is 15.9 Å². The third kappa shape index (κ3) is 5.98. The number of rotatable bonds is 7. The van der Waals surface area contributed by atoms with E-state index in [4.69, 9.17) is 5.11 Å². The molecule has 0 heterocycles. The van der Waals surface area contributed by atoms with Crippen LogP contribution in [-0.2, 0) is 0 Å². The van der Waals surface area contributed by atoms with Gasteiger partial charge in [-0.15, -0.1) is 0 Å². The second-order valence-electron chi connectivity index (χ2n) is 3.25. The molecule has 0 aliphatic heterocycles. The summed E-state index contributed by atoms with van der Waals surface area (Å²) in [6.45, 7) is 6.52. The fourth-order valence-electron chi connectivity index (χ4n) is 1.17. The fraction of sp³-hybridized carbons (Fsp3) is 1.00. The zero-order valence-corrected chi connectivity index (χ0v) is 9.68. The van der Waals surface area contributed by atoms with Crippen LogP contribution in [0.5, 0.6) is 0 Å². The van der Waals surface area contributed by atoms with E-state index in [1.807, 2.05) is 0 Å². The molecule has 0 saturated heterocycles. The lowest BCUT2D eigenvalue weighted by molar-refractivity contribution is 0.164. The normalized spacial score (nSPS) is 11.5. The minimum Gasteiger partial charge on any atom is -0.395 e. The van der Waals surface area contributed by atoms with Crippen LogP contribution < -0.4 is 0 Å². The molecule has 3 heteroatoms. The van der Waals surface area contributed by atoms with Gasteiger partial charge in [-0.2, -0.15) is 0 Å². The van der Waals surface area contributed by atoms with E-state index in [0.717, 1.165) is 18.4 Å². The van der Waals surface area contributed by atoms with Crippen molar-refractivity contribution in [2.24, 2.45) is 0 Å². The molecule has 0 unspecified atom stereocenters. The number of aliphatic hydroxyl groups is 1. The van der Waals surface area contributed by atoms with Crippen LogP contribution in [0.1, 0.15) is 26.7 Å². The summed E-state index contributed by atoms with van der Waals surface area (Å²) in [6, 6.07) is 0.549. The molecule has 0 aromatic heterocycles. The number of alkyl halides is 1. The number of halogens is 1. The average Bonchev–Trinajstić information content (AvgIpc) is 2.03. The van der Waals surface area contributed by atoms with Gasteiger partial charge in [0, 0.05) is 17.9 Å². The van der Waals surface area contributed by atoms with Gasteiger partial charge < -0.3 is 5.11 Å². The summed E-state index contributed by atoms with van der Waals surface area (Å²) >= 11 is 3.41. The fourth-order valence-corrected chi connectivity index (χ4v) is 1.56. The predicted molar refractivity (Wildman–Crippen MR) is 56.8 cm³/mol. The Labute approximate surface area is 84.1 Å². The molecule has 0 atom stereocenters. The molecule has 0 radical (unpaired) electrons. The molecule has 12 heavy (non-hydrogen) atoms. The summed E-state index contributed by atoms with van der Waals surface area (Å²) in [5, 5.41) is 9.87. The highest BCUT2D eigenvalue weighted by Gasteiger charge is 2.06. The molecule has 74 valence electrons. The number of nitrogens with zero attached hydrogens (tertiary/aromatic N) is 1. The zero-order chi connectivity index (χ0) is 9.40. The van der Waals surface area contributed by atoms with Crippen molar-refractivity contribution in [2.45, 2.75) is 32.7 Å². The van der Waals surface area contributed by atoms with Crippen molar-refractivity contribution >= 4 is 15.9 Å². The third-order valence-electron chi connectivity index (χ3n) is 1.95. The van der Waals surface area contributed by atoms with Crippen molar-refractivity contribution in [3.05, 3.63) is 0 Å². The summed E-state index contributed by atoms with van der Waals surface area (Å²) in [5.41, 5.74) is 0. The molecule has 0 saturated carbocycles. The van der Waals surface area contributed by atoms with Crippen molar-refractivity contribution < 1.29 is 5.11 Å². The van der Waals surface area contributed by atoms with Gasteiger partial charge in [0.15, 0.2) is 0 Å². The lowest BCUT2D eigenvalue weighted by atomic mass is 10.2. The van der Waals surface area contributed by atoms with Gasteiger partial charge in [0.1, 0.15) is 0 Å². The van der Waals surface area contributed by atoms with Crippen molar-refractivity contribution in [1.29, 1.82) is 0 Å². The Morgan fingerprint density at radius 1 is 1.25 bits per heavy atom. The Morgan fingerprint density at radius 3 is 2.33 bits per heavy atom. The van der Waals surface area contributed by atoms with Crippen LogP contribution in [0.3, 0.4) is 0 Å². The van der Waals surface area contributed by atoms with E-state index in [2.05, 4.69) is 34.7 Å². The van der Waals surface area contributed by atoms with Crippen LogP contribution in [0.15, 0.2) is 0 Å². The SMILES string of the molecule is CC(C)N(CCO)CCCCBr. The van der Waals surface area contributed by atoms with Crippen LogP contribution in [0.25, 0.3) is 0 Å². The molecule has 0 amide bonds. The van der Waals surface area contributed by atoms with E-state index in [1.54, 1.807) is 0 Å². The average molecular weight is 238 g/mol. The zero-order valence-electron chi connectivity index (χ0n) is 8.09. The smallest absolute Gasteiger partial charge is 0.0558 e. The molecule has 0 bridgehead atoms. The largest absolute Gasteiger partial charge is 0.395 e. The van der Waals surface area contributed by atoms with Crippen LogP contribution in [-0.4, -0.2) is 41.1 Å². The highest BCUT2D eigenvalue weighted by molar-refractivity contribution is 9.09. The summed E-state index contributed by atoms with van der Waals surface area (Å²) in [4.78, 5) is 2.31. The lowest BCUT2D eigenvalue weighted by Gasteiger charge is -2.25. The van der Waals surface area contributed by atoms with Crippen LogP contribution in [0.2, 0.25) is 0 Å². The van der Waals surface area contributed by atoms with Gasteiger partial charge in [-0.25, -0.2) is 0 Å². The number of hydrogen-bond acceptors (Lipinski definition) is 2. The maximum atomic E-state index is 8.79. The number of unbranched alkanes of at least 4 members (excludes halogenated alkanes) is 1. The maximum absolute atomic E-state index is 8.79. The molecule has 2 nitrogen and oxygen atoms in total. The molecular weight excluding hydrogens is 218 g/mol. The van der Waals surface area contributed by atoms with Crippen LogP contribution in [0, 0.1) is 0 Å². The van der Waals surface area contributed by atoms with Gasteiger partial charge in [-0.3, -0.25) is 4.90 Å². The summed E-state index contributed by atoms with van der Waals surface area (Å²) in [5.74, 6) is 0.